The van der Waals surface area contributed by atoms with Crippen molar-refractivity contribution >= 4 is 17.5 Å². The van der Waals surface area contributed by atoms with Crippen LogP contribution >= 0.6 is 11.6 Å². The molecule has 20 heavy (non-hydrogen) atoms. The molecule has 1 saturated carbocycles. The molecule has 1 aromatic carbocycles. The third-order valence-electron chi connectivity index (χ3n) is 3.96. The molecule has 1 aliphatic carbocycles. The van der Waals surface area contributed by atoms with Crippen molar-refractivity contribution in [1.82, 2.24) is 10.6 Å². The van der Waals surface area contributed by atoms with Gasteiger partial charge in [0.25, 0.3) is 0 Å². The maximum Gasteiger partial charge on any atom is 0.237 e. The SMILES string of the molecule is CC(NC(C)c1ccc(Cl)cc1)C(=O)NC1CCCC1. The number of benzene rings is 1. The van der Waals surface area contributed by atoms with E-state index in [0.717, 1.165) is 23.4 Å². The number of rotatable bonds is 5. The lowest BCUT2D eigenvalue weighted by Crippen LogP contribution is -2.46. The molecule has 2 atom stereocenters. The Labute approximate surface area is 126 Å². The van der Waals surface area contributed by atoms with Crippen LogP contribution in [0.5, 0.6) is 0 Å². The number of hydrogen-bond donors (Lipinski definition) is 2. The van der Waals surface area contributed by atoms with Gasteiger partial charge in [0, 0.05) is 17.1 Å². The fraction of sp³-hybridized carbons (Fsp3) is 0.562. The molecule has 1 amide bonds. The minimum absolute atomic E-state index is 0.0951. The van der Waals surface area contributed by atoms with Crippen molar-refractivity contribution in [2.45, 2.75) is 57.7 Å². The molecule has 3 nitrogen and oxygen atoms in total. The van der Waals surface area contributed by atoms with Gasteiger partial charge in [0.2, 0.25) is 5.91 Å². The summed E-state index contributed by atoms with van der Waals surface area (Å²) in [5.41, 5.74) is 1.13. The third-order valence-corrected chi connectivity index (χ3v) is 4.22. The molecule has 2 N–H and O–H groups in total. The minimum Gasteiger partial charge on any atom is -0.352 e. The van der Waals surface area contributed by atoms with Crippen LogP contribution in [-0.2, 0) is 4.79 Å². The van der Waals surface area contributed by atoms with Gasteiger partial charge in [-0.25, -0.2) is 0 Å². The first-order valence-electron chi connectivity index (χ1n) is 7.38. The van der Waals surface area contributed by atoms with Gasteiger partial charge in [-0.15, -0.1) is 0 Å². The van der Waals surface area contributed by atoms with E-state index in [2.05, 4.69) is 17.6 Å². The Morgan fingerprint density at radius 1 is 1.20 bits per heavy atom. The van der Waals surface area contributed by atoms with Gasteiger partial charge in [0.1, 0.15) is 0 Å². The highest BCUT2D eigenvalue weighted by Gasteiger charge is 2.21. The zero-order valence-corrected chi connectivity index (χ0v) is 12.9. The number of carbonyl (C=O) groups is 1. The summed E-state index contributed by atoms with van der Waals surface area (Å²) in [7, 11) is 0. The van der Waals surface area contributed by atoms with Crippen LogP contribution in [0.4, 0.5) is 0 Å². The maximum atomic E-state index is 12.1. The highest BCUT2D eigenvalue weighted by atomic mass is 35.5. The van der Waals surface area contributed by atoms with Crippen LogP contribution in [0, 0.1) is 0 Å². The van der Waals surface area contributed by atoms with Crippen LogP contribution in [-0.4, -0.2) is 18.0 Å². The summed E-state index contributed by atoms with van der Waals surface area (Å²) >= 11 is 5.88. The number of carbonyl (C=O) groups excluding carboxylic acids is 1. The van der Waals surface area contributed by atoms with Crippen LogP contribution in [0.15, 0.2) is 24.3 Å². The molecule has 0 bridgehead atoms. The van der Waals surface area contributed by atoms with Gasteiger partial charge >= 0.3 is 0 Å². The Morgan fingerprint density at radius 2 is 1.80 bits per heavy atom. The minimum atomic E-state index is -0.193. The second-order valence-corrected chi connectivity index (χ2v) is 6.09. The largest absolute Gasteiger partial charge is 0.352 e. The first-order valence-corrected chi connectivity index (χ1v) is 7.76. The monoisotopic (exact) mass is 294 g/mol. The van der Waals surface area contributed by atoms with Crippen molar-refractivity contribution in [3.8, 4) is 0 Å². The number of hydrogen-bond acceptors (Lipinski definition) is 2. The van der Waals surface area contributed by atoms with Crippen LogP contribution in [0.1, 0.15) is 51.1 Å². The fourth-order valence-corrected chi connectivity index (χ4v) is 2.82. The molecule has 0 heterocycles. The summed E-state index contributed by atoms with van der Waals surface area (Å²) in [6, 6.07) is 8.02. The van der Waals surface area contributed by atoms with Gasteiger partial charge in [-0.1, -0.05) is 36.6 Å². The van der Waals surface area contributed by atoms with E-state index in [9.17, 15) is 4.79 Å². The Morgan fingerprint density at radius 3 is 2.40 bits per heavy atom. The van der Waals surface area contributed by atoms with Crippen molar-refractivity contribution in [3.63, 3.8) is 0 Å². The van der Waals surface area contributed by atoms with Crippen molar-refractivity contribution in [2.24, 2.45) is 0 Å². The van der Waals surface area contributed by atoms with E-state index in [1.54, 1.807) is 0 Å². The van der Waals surface area contributed by atoms with E-state index in [1.165, 1.54) is 12.8 Å². The van der Waals surface area contributed by atoms with Gasteiger partial charge < -0.3 is 5.32 Å². The highest BCUT2D eigenvalue weighted by Crippen LogP contribution is 2.18. The second kappa shape index (κ2) is 7.09. The smallest absolute Gasteiger partial charge is 0.237 e. The zero-order chi connectivity index (χ0) is 14.5. The summed E-state index contributed by atoms with van der Waals surface area (Å²) in [6.07, 6.45) is 4.69. The van der Waals surface area contributed by atoms with Crippen LogP contribution in [0.25, 0.3) is 0 Å². The Hall–Kier alpha value is -1.06. The molecule has 0 aliphatic heterocycles. The quantitative estimate of drug-likeness (QED) is 0.873. The standard InChI is InChI=1S/C16H23ClN2O/c1-11(13-7-9-14(17)10-8-13)18-12(2)16(20)19-15-5-3-4-6-15/h7-12,15,18H,3-6H2,1-2H3,(H,19,20). The van der Waals surface area contributed by atoms with Crippen LogP contribution in [0.2, 0.25) is 5.02 Å². The molecule has 0 radical (unpaired) electrons. The van der Waals surface area contributed by atoms with E-state index in [1.807, 2.05) is 31.2 Å². The molecule has 2 unspecified atom stereocenters. The average Bonchev–Trinajstić information content (AvgIpc) is 2.92. The zero-order valence-electron chi connectivity index (χ0n) is 12.2. The molecule has 0 saturated heterocycles. The summed E-state index contributed by atoms with van der Waals surface area (Å²) in [6.45, 7) is 3.97. The first kappa shape index (κ1) is 15.3. The summed E-state index contributed by atoms with van der Waals surface area (Å²) in [4.78, 5) is 12.1. The molecular formula is C16H23ClN2O. The molecular weight excluding hydrogens is 272 g/mol. The first-order chi connectivity index (χ1) is 9.56. The lowest BCUT2D eigenvalue weighted by Gasteiger charge is -2.22. The maximum absolute atomic E-state index is 12.1. The third kappa shape index (κ3) is 4.22. The second-order valence-electron chi connectivity index (χ2n) is 5.65. The molecule has 1 aromatic rings. The molecule has 110 valence electrons. The van der Waals surface area contributed by atoms with Gasteiger partial charge in [0.05, 0.1) is 6.04 Å². The molecule has 1 aliphatic rings. The van der Waals surface area contributed by atoms with Gasteiger partial charge in [-0.05, 0) is 44.4 Å². The van der Waals surface area contributed by atoms with Crippen molar-refractivity contribution < 1.29 is 4.79 Å². The Balaban J connectivity index is 1.84. The average molecular weight is 295 g/mol. The summed E-state index contributed by atoms with van der Waals surface area (Å²) in [5, 5.41) is 7.19. The van der Waals surface area contributed by atoms with Crippen LogP contribution < -0.4 is 10.6 Å². The lowest BCUT2D eigenvalue weighted by molar-refractivity contribution is -0.123. The normalized spacial score (nSPS) is 18.8. The van der Waals surface area contributed by atoms with E-state index >= 15 is 0 Å². The van der Waals surface area contributed by atoms with E-state index < -0.39 is 0 Å². The van der Waals surface area contributed by atoms with Gasteiger partial charge in [0.15, 0.2) is 0 Å². The van der Waals surface area contributed by atoms with E-state index in [4.69, 9.17) is 11.6 Å². The van der Waals surface area contributed by atoms with Gasteiger partial charge in [-0.2, -0.15) is 0 Å². The topological polar surface area (TPSA) is 41.1 Å². The molecule has 0 spiro atoms. The Kier molecular flexibility index (Phi) is 5.44. The lowest BCUT2D eigenvalue weighted by atomic mass is 10.1. The number of amides is 1. The van der Waals surface area contributed by atoms with E-state index in [0.29, 0.717) is 6.04 Å². The fourth-order valence-electron chi connectivity index (χ4n) is 2.69. The molecule has 0 aromatic heterocycles. The molecule has 1 fully saturated rings. The molecule has 2 rings (SSSR count). The summed E-state index contributed by atoms with van der Waals surface area (Å²) in [5.74, 6) is 0.0951. The predicted octanol–water partition coefficient (Wildman–Crippen LogP) is 3.44. The highest BCUT2D eigenvalue weighted by molar-refractivity contribution is 6.30. The molecule has 4 heteroatoms. The van der Waals surface area contributed by atoms with Gasteiger partial charge in [-0.3, -0.25) is 10.1 Å². The van der Waals surface area contributed by atoms with E-state index in [-0.39, 0.29) is 18.0 Å². The number of halogens is 1. The van der Waals surface area contributed by atoms with Crippen molar-refractivity contribution in [1.29, 1.82) is 0 Å². The van der Waals surface area contributed by atoms with Crippen molar-refractivity contribution in [2.75, 3.05) is 0 Å². The predicted molar refractivity (Wildman–Crippen MR) is 82.9 cm³/mol. The number of nitrogens with one attached hydrogen (secondary N) is 2. The van der Waals surface area contributed by atoms with Crippen molar-refractivity contribution in [3.05, 3.63) is 34.9 Å². The van der Waals surface area contributed by atoms with Crippen LogP contribution in [0.3, 0.4) is 0 Å². The Bertz CT molecular complexity index is 440. The summed E-state index contributed by atoms with van der Waals surface area (Å²) < 4.78 is 0.